The van der Waals surface area contributed by atoms with Crippen LogP contribution in [0.1, 0.15) is 271 Å². The standard InChI is InChI=1S/C56H100O6/c1-4-7-10-13-16-19-22-24-26-27-28-29-31-32-34-37-40-43-46-49-55(58)61-52-53(51-60-54(57)48-45-42-39-36-21-18-15-12-9-6-3)62-56(59)50-47-44-41-38-35-33-30-25-23-20-17-14-11-8-5-2/h16-17,19-20,24-26,30,53H,4-15,18,21-23,27-29,31-52H2,1-3H3/b19-16-,20-17-,26-24-,30-25-/t53-/m1/s1. The first-order chi connectivity index (χ1) is 30.5. The van der Waals surface area contributed by atoms with E-state index in [1.54, 1.807) is 0 Å². The Morgan fingerprint density at radius 3 is 0.919 bits per heavy atom. The molecule has 0 aromatic heterocycles. The van der Waals surface area contributed by atoms with Gasteiger partial charge in [0.1, 0.15) is 13.2 Å². The summed E-state index contributed by atoms with van der Waals surface area (Å²) in [5.74, 6) is -0.890. The van der Waals surface area contributed by atoms with Crippen LogP contribution >= 0.6 is 0 Å². The van der Waals surface area contributed by atoms with Gasteiger partial charge in [0.05, 0.1) is 0 Å². The Bertz CT molecular complexity index is 1090. The highest BCUT2D eigenvalue weighted by atomic mass is 16.6. The van der Waals surface area contributed by atoms with Crippen LogP contribution in [0.3, 0.4) is 0 Å². The molecule has 0 spiro atoms. The molecular weight excluding hydrogens is 769 g/mol. The van der Waals surface area contributed by atoms with Crippen LogP contribution in [0.5, 0.6) is 0 Å². The first kappa shape index (κ1) is 59.4. The summed E-state index contributed by atoms with van der Waals surface area (Å²) in [7, 11) is 0. The van der Waals surface area contributed by atoms with Crippen LogP contribution in [0.25, 0.3) is 0 Å². The lowest BCUT2D eigenvalue weighted by molar-refractivity contribution is -0.167. The predicted octanol–water partition coefficient (Wildman–Crippen LogP) is 17.5. The van der Waals surface area contributed by atoms with Gasteiger partial charge in [-0.1, -0.05) is 217 Å². The van der Waals surface area contributed by atoms with E-state index in [0.717, 1.165) is 89.9 Å². The predicted molar refractivity (Wildman–Crippen MR) is 265 cm³/mol. The molecule has 0 aliphatic carbocycles. The smallest absolute Gasteiger partial charge is 0.306 e. The van der Waals surface area contributed by atoms with Gasteiger partial charge in [-0.3, -0.25) is 14.4 Å². The van der Waals surface area contributed by atoms with Gasteiger partial charge < -0.3 is 14.2 Å². The molecule has 0 bridgehead atoms. The molecule has 0 N–H and O–H groups in total. The van der Waals surface area contributed by atoms with Crippen molar-refractivity contribution in [3.05, 3.63) is 48.6 Å². The van der Waals surface area contributed by atoms with Crippen molar-refractivity contribution < 1.29 is 28.6 Å². The third kappa shape index (κ3) is 48.4. The number of hydrogen-bond acceptors (Lipinski definition) is 6. The minimum atomic E-state index is -0.778. The van der Waals surface area contributed by atoms with Gasteiger partial charge in [-0.15, -0.1) is 0 Å². The van der Waals surface area contributed by atoms with Crippen LogP contribution in [-0.4, -0.2) is 37.2 Å². The topological polar surface area (TPSA) is 78.9 Å². The van der Waals surface area contributed by atoms with E-state index in [2.05, 4.69) is 69.4 Å². The minimum Gasteiger partial charge on any atom is -0.462 e. The summed E-state index contributed by atoms with van der Waals surface area (Å²) in [5, 5.41) is 0. The second-order valence-electron chi connectivity index (χ2n) is 17.8. The molecule has 0 aromatic carbocycles. The molecule has 0 radical (unpaired) electrons. The van der Waals surface area contributed by atoms with E-state index in [4.69, 9.17) is 14.2 Å². The number of carbonyl (C=O) groups is 3. The van der Waals surface area contributed by atoms with E-state index in [9.17, 15) is 14.4 Å². The van der Waals surface area contributed by atoms with Gasteiger partial charge in [0.25, 0.3) is 0 Å². The molecule has 0 aromatic rings. The molecule has 1 atom stereocenters. The number of hydrogen-bond donors (Lipinski definition) is 0. The SMILES string of the molecule is CCCCC/C=C\C/C=C\CCCCCCCCCCCC(=O)OC[C@@H](COC(=O)CCCCCCCCCCCC)OC(=O)CCCCCCC/C=C\C/C=C\CCCCC. The Labute approximate surface area is 384 Å². The molecule has 0 aliphatic rings. The normalized spacial score (nSPS) is 12.4. The van der Waals surface area contributed by atoms with Crippen molar-refractivity contribution in [1.29, 1.82) is 0 Å². The molecule has 0 heterocycles. The molecule has 6 nitrogen and oxygen atoms in total. The fourth-order valence-corrected chi connectivity index (χ4v) is 7.50. The lowest BCUT2D eigenvalue weighted by Gasteiger charge is -2.18. The molecule has 6 heteroatoms. The van der Waals surface area contributed by atoms with Crippen molar-refractivity contribution in [2.45, 2.75) is 277 Å². The van der Waals surface area contributed by atoms with E-state index < -0.39 is 6.10 Å². The first-order valence-corrected chi connectivity index (χ1v) is 26.6. The van der Waals surface area contributed by atoms with Crippen molar-refractivity contribution in [2.75, 3.05) is 13.2 Å². The number of allylic oxidation sites excluding steroid dienone is 8. The highest BCUT2D eigenvalue weighted by Crippen LogP contribution is 2.15. The van der Waals surface area contributed by atoms with Gasteiger partial charge >= 0.3 is 17.9 Å². The maximum atomic E-state index is 12.8. The summed E-state index contributed by atoms with van der Waals surface area (Å²) in [4.78, 5) is 37.9. The first-order valence-electron chi connectivity index (χ1n) is 26.6. The summed E-state index contributed by atoms with van der Waals surface area (Å²) in [6.45, 7) is 6.58. The summed E-state index contributed by atoms with van der Waals surface area (Å²) in [6, 6.07) is 0. The lowest BCUT2D eigenvalue weighted by Crippen LogP contribution is -2.30. The van der Waals surface area contributed by atoms with Crippen LogP contribution in [0.2, 0.25) is 0 Å². The molecule has 0 saturated carbocycles. The summed E-state index contributed by atoms with van der Waals surface area (Å²) in [5.41, 5.74) is 0. The van der Waals surface area contributed by atoms with Crippen LogP contribution in [0.15, 0.2) is 48.6 Å². The molecule has 0 amide bonds. The average molecular weight is 869 g/mol. The highest BCUT2D eigenvalue weighted by Gasteiger charge is 2.19. The zero-order valence-electron chi connectivity index (χ0n) is 41.1. The van der Waals surface area contributed by atoms with Crippen molar-refractivity contribution in [2.24, 2.45) is 0 Å². The molecule has 0 fully saturated rings. The van der Waals surface area contributed by atoms with Crippen LogP contribution in [0, 0.1) is 0 Å². The average Bonchev–Trinajstić information content (AvgIpc) is 3.27. The quantitative estimate of drug-likeness (QED) is 0.0262. The Morgan fingerprint density at radius 1 is 0.323 bits per heavy atom. The number of unbranched alkanes of at least 4 members (excludes halogenated alkanes) is 29. The second-order valence-corrected chi connectivity index (χ2v) is 17.8. The Balaban J connectivity index is 4.33. The highest BCUT2D eigenvalue weighted by molar-refractivity contribution is 5.71. The summed E-state index contributed by atoms with van der Waals surface area (Å²) < 4.78 is 16.8. The van der Waals surface area contributed by atoms with Crippen molar-refractivity contribution in [1.82, 2.24) is 0 Å². The fraction of sp³-hybridized carbons (Fsp3) is 0.804. The van der Waals surface area contributed by atoms with E-state index >= 15 is 0 Å². The van der Waals surface area contributed by atoms with Crippen LogP contribution in [-0.2, 0) is 28.6 Å². The van der Waals surface area contributed by atoms with Crippen molar-refractivity contribution in [3.63, 3.8) is 0 Å². The van der Waals surface area contributed by atoms with E-state index in [0.29, 0.717) is 19.3 Å². The maximum Gasteiger partial charge on any atom is 0.306 e. The molecule has 0 rings (SSSR count). The number of rotatable bonds is 48. The number of ether oxygens (including phenoxy) is 3. The molecule has 62 heavy (non-hydrogen) atoms. The van der Waals surface area contributed by atoms with Gasteiger partial charge in [-0.2, -0.15) is 0 Å². The minimum absolute atomic E-state index is 0.0780. The molecular formula is C56H100O6. The van der Waals surface area contributed by atoms with E-state index in [-0.39, 0.29) is 31.1 Å². The molecule has 0 aliphatic heterocycles. The van der Waals surface area contributed by atoms with Crippen LogP contribution < -0.4 is 0 Å². The van der Waals surface area contributed by atoms with E-state index in [1.165, 1.54) is 141 Å². The summed E-state index contributed by atoms with van der Waals surface area (Å²) >= 11 is 0. The van der Waals surface area contributed by atoms with Gasteiger partial charge in [0.2, 0.25) is 0 Å². The third-order valence-electron chi connectivity index (χ3n) is 11.6. The Kier molecular flexibility index (Phi) is 48.8. The Hall–Kier alpha value is -2.63. The van der Waals surface area contributed by atoms with Crippen molar-refractivity contribution >= 4 is 17.9 Å². The second kappa shape index (κ2) is 51.0. The zero-order chi connectivity index (χ0) is 45.1. The fourth-order valence-electron chi connectivity index (χ4n) is 7.50. The largest absolute Gasteiger partial charge is 0.462 e. The lowest BCUT2D eigenvalue weighted by atomic mass is 10.1. The monoisotopic (exact) mass is 869 g/mol. The zero-order valence-corrected chi connectivity index (χ0v) is 41.1. The van der Waals surface area contributed by atoms with E-state index in [1.807, 2.05) is 0 Å². The molecule has 0 saturated heterocycles. The maximum absolute atomic E-state index is 12.8. The van der Waals surface area contributed by atoms with Gasteiger partial charge in [-0.05, 0) is 83.5 Å². The van der Waals surface area contributed by atoms with Gasteiger partial charge in [0.15, 0.2) is 6.10 Å². The number of esters is 3. The van der Waals surface area contributed by atoms with Gasteiger partial charge in [-0.25, -0.2) is 0 Å². The summed E-state index contributed by atoms with van der Waals surface area (Å²) in [6.07, 6.45) is 60.9. The third-order valence-corrected chi connectivity index (χ3v) is 11.6. The van der Waals surface area contributed by atoms with Crippen molar-refractivity contribution in [3.8, 4) is 0 Å². The number of carbonyl (C=O) groups excluding carboxylic acids is 3. The van der Waals surface area contributed by atoms with Gasteiger partial charge in [0, 0.05) is 19.3 Å². The Morgan fingerprint density at radius 2 is 0.581 bits per heavy atom. The molecule has 360 valence electrons. The van der Waals surface area contributed by atoms with Crippen LogP contribution in [0.4, 0.5) is 0 Å². The molecule has 0 unspecified atom stereocenters.